The summed E-state index contributed by atoms with van der Waals surface area (Å²) in [6.07, 6.45) is 8.46. The van der Waals surface area contributed by atoms with Crippen LogP contribution in [0.15, 0.2) is 18.2 Å². The third-order valence-electron chi connectivity index (χ3n) is 3.82. The summed E-state index contributed by atoms with van der Waals surface area (Å²) in [7, 11) is 3.31. The number of hydrazine groups is 1. The van der Waals surface area contributed by atoms with E-state index in [9.17, 15) is 0 Å². The predicted octanol–water partition coefficient (Wildman–Crippen LogP) is 3.44. The molecule has 21 heavy (non-hydrogen) atoms. The van der Waals surface area contributed by atoms with Crippen molar-refractivity contribution in [3.05, 3.63) is 23.8 Å². The van der Waals surface area contributed by atoms with Gasteiger partial charge in [-0.1, -0.05) is 45.1 Å². The number of nitrogens with one attached hydrogen (secondary N) is 1. The summed E-state index contributed by atoms with van der Waals surface area (Å²) in [6.45, 7) is 2.24. The number of ether oxygens (including phenoxy) is 2. The second-order valence-corrected chi connectivity index (χ2v) is 5.46. The number of nitrogens with two attached hydrogens (primary N) is 1. The van der Waals surface area contributed by atoms with E-state index in [1.54, 1.807) is 14.2 Å². The van der Waals surface area contributed by atoms with Gasteiger partial charge in [0.1, 0.15) is 0 Å². The zero-order chi connectivity index (χ0) is 15.5. The normalized spacial score (nSPS) is 12.2. The van der Waals surface area contributed by atoms with Crippen molar-refractivity contribution in [1.29, 1.82) is 0 Å². The molecule has 0 radical (unpaired) electrons. The molecular weight excluding hydrogens is 264 g/mol. The maximum absolute atomic E-state index is 5.68. The van der Waals surface area contributed by atoms with Crippen molar-refractivity contribution in [3.63, 3.8) is 0 Å². The standard InChI is InChI=1S/C17H30N2O2/c1-4-5-6-7-8-9-15(19-18)12-14-10-11-16(20-2)17(13-14)21-3/h10-11,13,15,19H,4-9,12,18H2,1-3H3. The summed E-state index contributed by atoms with van der Waals surface area (Å²) in [6, 6.07) is 6.36. The Kier molecular flexibility index (Phi) is 8.87. The number of hydrogen-bond donors (Lipinski definition) is 2. The van der Waals surface area contributed by atoms with E-state index in [1.807, 2.05) is 12.1 Å². The molecule has 0 heterocycles. The van der Waals surface area contributed by atoms with Crippen LogP contribution >= 0.6 is 0 Å². The smallest absolute Gasteiger partial charge is 0.160 e. The van der Waals surface area contributed by atoms with Crippen molar-refractivity contribution >= 4 is 0 Å². The molecule has 0 aliphatic rings. The summed E-state index contributed by atoms with van der Waals surface area (Å²) in [5.74, 6) is 7.22. The van der Waals surface area contributed by atoms with Crippen LogP contribution in [0.25, 0.3) is 0 Å². The Labute approximate surface area is 129 Å². The third-order valence-corrected chi connectivity index (χ3v) is 3.82. The van der Waals surface area contributed by atoms with Gasteiger partial charge in [-0.15, -0.1) is 0 Å². The van der Waals surface area contributed by atoms with E-state index in [4.69, 9.17) is 15.3 Å². The lowest BCUT2D eigenvalue weighted by Gasteiger charge is -2.17. The highest BCUT2D eigenvalue weighted by atomic mass is 16.5. The number of unbranched alkanes of at least 4 members (excludes halogenated alkanes) is 4. The van der Waals surface area contributed by atoms with E-state index in [-0.39, 0.29) is 0 Å². The van der Waals surface area contributed by atoms with Crippen molar-refractivity contribution in [1.82, 2.24) is 5.43 Å². The minimum absolute atomic E-state index is 0.310. The maximum atomic E-state index is 5.68. The fourth-order valence-electron chi connectivity index (χ4n) is 2.53. The summed E-state index contributed by atoms with van der Waals surface area (Å²) in [5.41, 5.74) is 4.15. The SMILES string of the molecule is CCCCCCCC(Cc1ccc(OC)c(OC)c1)NN. The van der Waals surface area contributed by atoms with Crippen LogP contribution in [-0.2, 0) is 6.42 Å². The van der Waals surface area contributed by atoms with Crippen LogP contribution in [-0.4, -0.2) is 20.3 Å². The van der Waals surface area contributed by atoms with Crippen molar-refractivity contribution in [2.75, 3.05) is 14.2 Å². The monoisotopic (exact) mass is 294 g/mol. The Bertz CT molecular complexity index is 396. The summed E-state index contributed by atoms with van der Waals surface area (Å²) in [5, 5.41) is 0. The molecular formula is C17H30N2O2. The molecule has 1 aromatic rings. The minimum Gasteiger partial charge on any atom is -0.493 e. The lowest BCUT2D eigenvalue weighted by atomic mass is 10.00. The van der Waals surface area contributed by atoms with Gasteiger partial charge in [-0.3, -0.25) is 11.3 Å². The summed E-state index contributed by atoms with van der Waals surface area (Å²) in [4.78, 5) is 0. The first-order valence-corrected chi connectivity index (χ1v) is 7.92. The average molecular weight is 294 g/mol. The van der Waals surface area contributed by atoms with Gasteiger partial charge in [-0.25, -0.2) is 0 Å². The van der Waals surface area contributed by atoms with E-state index in [1.165, 1.54) is 37.7 Å². The molecule has 0 fully saturated rings. The minimum atomic E-state index is 0.310. The number of rotatable bonds is 11. The number of hydrogen-bond acceptors (Lipinski definition) is 4. The van der Waals surface area contributed by atoms with Crippen LogP contribution in [0.3, 0.4) is 0 Å². The van der Waals surface area contributed by atoms with Gasteiger partial charge in [0.05, 0.1) is 14.2 Å². The Morgan fingerprint density at radius 1 is 1.05 bits per heavy atom. The molecule has 1 atom stereocenters. The van der Waals surface area contributed by atoms with Gasteiger partial charge in [-0.05, 0) is 30.5 Å². The molecule has 3 N–H and O–H groups in total. The molecule has 1 rings (SSSR count). The van der Waals surface area contributed by atoms with Gasteiger partial charge in [0.15, 0.2) is 11.5 Å². The predicted molar refractivity (Wildman–Crippen MR) is 87.7 cm³/mol. The zero-order valence-electron chi connectivity index (χ0n) is 13.7. The van der Waals surface area contributed by atoms with Gasteiger partial charge in [0.2, 0.25) is 0 Å². The lowest BCUT2D eigenvalue weighted by molar-refractivity contribution is 0.354. The highest BCUT2D eigenvalue weighted by Crippen LogP contribution is 2.28. The van der Waals surface area contributed by atoms with Gasteiger partial charge in [0.25, 0.3) is 0 Å². The van der Waals surface area contributed by atoms with Crippen LogP contribution in [0.2, 0.25) is 0 Å². The molecule has 0 bridgehead atoms. The number of methoxy groups -OCH3 is 2. The van der Waals surface area contributed by atoms with Crippen molar-refractivity contribution in [3.8, 4) is 11.5 Å². The lowest BCUT2D eigenvalue weighted by Crippen LogP contribution is -2.36. The first-order chi connectivity index (χ1) is 10.2. The Morgan fingerprint density at radius 3 is 2.38 bits per heavy atom. The van der Waals surface area contributed by atoms with E-state index in [0.717, 1.165) is 24.3 Å². The van der Waals surface area contributed by atoms with Crippen molar-refractivity contribution in [2.45, 2.75) is 57.9 Å². The highest BCUT2D eigenvalue weighted by molar-refractivity contribution is 5.43. The molecule has 0 aliphatic carbocycles. The van der Waals surface area contributed by atoms with Gasteiger partial charge < -0.3 is 9.47 Å². The molecule has 1 unspecified atom stereocenters. The second kappa shape index (κ2) is 10.5. The van der Waals surface area contributed by atoms with Crippen LogP contribution in [0.4, 0.5) is 0 Å². The van der Waals surface area contributed by atoms with Gasteiger partial charge in [-0.2, -0.15) is 0 Å². The molecule has 120 valence electrons. The molecule has 0 saturated heterocycles. The largest absolute Gasteiger partial charge is 0.493 e. The van der Waals surface area contributed by atoms with Crippen LogP contribution < -0.4 is 20.7 Å². The Morgan fingerprint density at radius 2 is 1.76 bits per heavy atom. The average Bonchev–Trinajstić information content (AvgIpc) is 2.53. The molecule has 0 amide bonds. The first-order valence-electron chi connectivity index (χ1n) is 7.92. The van der Waals surface area contributed by atoms with Gasteiger partial charge >= 0.3 is 0 Å². The molecule has 0 aromatic heterocycles. The molecule has 0 aliphatic heterocycles. The molecule has 1 aromatic carbocycles. The molecule has 0 spiro atoms. The van der Waals surface area contributed by atoms with Crippen LogP contribution in [0, 0.1) is 0 Å². The first kappa shape index (κ1) is 17.8. The van der Waals surface area contributed by atoms with Crippen LogP contribution in [0.1, 0.15) is 51.0 Å². The molecule has 4 heteroatoms. The Hall–Kier alpha value is -1.26. The summed E-state index contributed by atoms with van der Waals surface area (Å²) < 4.78 is 10.6. The van der Waals surface area contributed by atoms with E-state index < -0.39 is 0 Å². The highest BCUT2D eigenvalue weighted by Gasteiger charge is 2.10. The van der Waals surface area contributed by atoms with Gasteiger partial charge in [0, 0.05) is 6.04 Å². The Balaban J connectivity index is 2.48. The van der Waals surface area contributed by atoms with Crippen LogP contribution in [0.5, 0.6) is 11.5 Å². The van der Waals surface area contributed by atoms with E-state index in [0.29, 0.717) is 6.04 Å². The molecule has 4 nitrogen and oxygen atoms in total. The number of benzene rings is 1. The quantitative estimate of drug-likeness (QED) is 0.373. The van der Waals surface area contributed by atoms with E-state index >= 15 is 0 Å². The zero-order valence-corrected chi connectivity index (χ0v) is 13.7. The van der Waals surface area contributed by atoms with E-state index in [2.05, 4.69) is 18.4 Å². The fraction of sp³-hybridized carbons (Fsp3) is 0.647. The van der Waals surface area contributed by atoms with Crippen molar-refractivity contribution < 1.29 is 9.47 Å². The third kappa shape index (κ3) is 6.36. The summed E-state index contributed by atoms with van der Waals surface area (Å²) >= 11 is 0. The fourth-order valence-corrected chi connectivity index (χ4v) is 2.53. The topological polar surface area (TPSA) is 56.5 Å². The molecule has 0 saturated carbocycles. The maximum Gasteiger partial charge on any atom is 0.160 e. The second-order valence-electron chi connectivity index (χ2n) is 5.46. The van der Waals surface area contributed by atoms with Crippen molar-refractivity contribution in [2.24, 2.45) is 5.84 Å².